The van der Waals surface area contributed by atoms with E-state index in [1.807, 2.05) is 48.5 Å². The van der Waals surface area contributed by atoms with E-state index >= 15 is 0 Å². The van der Waals surface area contributed by atoms with Crippen LogP contribution in [0.15, 0.2) is 48.5 Å². The highest BCUT2D eigenvalue weighted by atomic mass is 16.6. The predicted molar refractivity (Wildman–Crippen MR) is 84.8 cm³/mol. The molecule has 24 heavy (non-hydrogen) atoms. The maximum absolute atomic E-state index is 13.3. The van der Waals surface area contributed by atoms with E-state index in [1.54, 1.807) is 4.90 Å². The zero-order chi connectivity index (χ0) is 16.3. The second-order valence-corrected chi connectivity index (χ2v) is 6.41. The number of nitrogens with zero attached hydrogens (tertiary/aromatic N) is 1. The second-order valence-electron chi connectivity index (χ2n) is 6.41. The highest BCUT2D eigenvalue weighted by Crippen LogP contribution is 2.45. The van der Waals surface area contributed by atoms with Crippen LogP contribution in [0.4, 0.5) is 0 Å². The summed E-state index contributed by atoms with van der Waals surface area (Å²) < 4.78 is 11.2. The number of likely N-dealkylation sites (tertiary alicyclic amines) is 1. The average Bonchev–Trinajstić information content (AvgIpc) is 3.18. The van der Waals surface area contributed by atoms with Crippen LogP contribution in [0.25, 0.3) is 0 Å². The van der Waals surface area contributed by atoms with E-state index in [-0.39, 0.29) is 18.0 Å². The summed E-state index contributed by atoms with van der Waals surface area (Å²) in [6.07, 6.45) is 0.452. The first-order valence-corrected chi connectivity index (χ1v) is 8.09. The van der Waals surface area contributed by atoms with E-state index in [2.05, 4.69) is 0 Å². The number of hydrogen-bond donors (Lipinski definition) is 0. The number of hydrogen-bond acceptors (Lipinski definition) is 4. The van der Waals surface area contributed by atoms with Gasteiger partial charge in [-0.05, 0) is 12.1 Å². The molecule has 2 bridgehead atoms. The Balaban J connectivity index is 1.60. The zero-order valence-corrected chi connectivity index (χ0v) is 12.8. The van der Waals surface area contributed by atoms with Gasteiger partial charge in [0.2, 0.25) is 5.91 Å². The third-order valence-electron chi connectivity index (χ3n) is 5.03. The lowest BCUT2D eigenvalue weighted by atomic mass is 9.86. The molecule has 2 saturated heterocycles. The van der Waals surface area contributed by atoms with Crippen LogP contribution in [-0.2, 0) is 14.3 Å². The van der Waals surface area contributed by atoms with E-state index in [0.717, 1.165) is 11.1 Å². The van der Waals surface area contributed by atoms with Gasteiger partial charge in [0.25, 0.3) is 0 Å². The van der Waals surface area contributed by atoms with Crippen LogP contribution < -0.4 is 4.74 Å². The molecule has 2 aromatic rings. The van der Waals surface area contributed by atoms with E-state index in [1.165, 1.54) is 0 Å². The molecule has 2 aromatic carbocycles. The Labute approximate surface area is 138 Å². The second kappa shape index (κ2) is 4.84. The summed E-state index contributed by atoms with van der Waals surface area (Å²) in [5.74, 6) is 0.608. The lowest BCUT2D eigenvalue weighted by molar-refractivity contribution is -0.157. The summed E-state index contributed by atoms with van der Waals surface area (Å²) in [5.41, 5.74) is 1.69. The van der Waals surface area contributed by atoms with Crippen molar-refractivity contribution in [2.75, 3.05) is 6.54 Å². The molecule has 3 aliphatic heterocycles. The molecule has 0 aliphatic carbocycles. The van der Waals surface area contributed by atoms with Gasteiger partial charge in [0.15, 0.2) is 0 Å². The van der Waals surface area contributed by atoms with Gasteiger partial charge >= 0.3 is 5.97 Å². The summed E-state index contributed by atoms with van der Waals surface area (Å²) in [7, 11) is 0. The monoisotopic (exact) mass is 321 g/mol. The molecule has 0 saturated carbocycles. The van der Waals surface area contributed by atoms with Crippen molar-refractivity contribution in [3.05, 3.63) is 59.7 Å². The number of fused-ring (bicyclic) bond motifs is 4. The van der Waals surface area contributed by atoms with Crippen molar-refractivity contribution in [1.82, 2.24) is 4.90 Å². The van der Waals surface area contributed by atoms with E-state index in [0.29, 0.717) is 24.5 Å². The third kappa shape index (κ3) is 1.81. The largest absolute Gasteiger partial charge is 0.459 e. The third-order valence-corrected chi connectivity index (χ3v) is 5.03. The van der Waals surface area contributed by atoms with Gasteiger partial charge in [0.1, 0.15) is 23.6 Å². The number of ether oxygens (including phenoxy) is 2. The number of morpholine rings is 1. The van der Waals surface area contributed by atoms with Crippen LogP contribution in [0.1, 0.15) is 23.5 Å². The molecule has 0 N–H and O–H groups in total. The summed E-state index contributed by atoms with van der Waals surface area (Å²) in [4.78, 5) is 26.9. The summed E-state index contributed by atoms with van der Waals surface area (Å²) in [5, 5.41) is 0. The van der Waals surface area contributed by atoms with Crippen molar-refractivity contribution >= 4 is 11.9 Å². The number of amides is 1. The molecule has 0 aromatic heterocycles. The molecule has 5 nitrogen and oxygen atoms in total. The first kappa shape index (κ1) is 13.6. The van der Waals surface area contributed by atoms with E-state index in [4.69, 9.17) is 9.47 Å². The normalized spacial score (nSPS) is 24.2. The Morgan fingerprint density at radius 2 is 1.62 bits per heavy atom. The Morgan fingerprint density at radius 1 is 1.00 bits per heavy atom. The van der Waals surface area contributed by atoms with Gasteiger partial charge in [0, 0.05) is 17.5 Å². The summed E-state index contributed by atoms with van der Waals surface area (Å²) >= 11 is 0. The molecule has 2 atom stereocenters. The maximum Gasteiger partial charge on any atom is 0.329 e. The lowest BCUT2D eigenvalue weighted by Crippen LogP contribution is -2.46. The fourth-order valence-electron chi connectivity index (χ4n) is 3.93. The maximum atomic E-state index is 13.3. The molecule has 0 radical (unpaired) electrons. The van der Waals surface area contributed by atoms with Crippen molar-refractivity contribution in [3.8, 4) is 11.5 Å². The number of carbonyl (C=O) groups is 2. The Morgan fingerprint density at radius 3 is 2.21 bits per heavy atom. The molecule has 3 aliphatic rings. The van der Waals surface area contributed by atoms with Gasteiger partial charge in [-0.3, -0.25) is 4.79 Å². The van der Waals surface area contributed by atoms with Crippen LogP contribution in [0.5, 0.6) is 11.5 Å². The van der Waals surface area contributed by atoms with Crippen LogP contribution in [-0.4, -0.2) is 35.5 Å². The molecule has 5 rings (SSSR count). The molecule has 5 heteroatoms. The Kier molecular flexibility index (Phi) is 2.74. The van der Waals surface area contributed by atoms with Crippen molar-refractivity contribution in [1.29, 1.82) is 0 Å². The molecule has 120 valence electrons. The lowest BCUT2D eigenvalue weighted by Gasteiger charge is -2.33. The quantitative estimate of drug-likeness (QED) is 0.757. The van der Waals surface area contributed by atoms with Crippen LogP contribution in [0.3, 0.4) is 0 Å². The molecular formula is C19H15NO4. The first-order chi connectivity index (χ1) is 11.7. The minimum Gasteiger partial charge on any atom is -0.459 e. The first-order valence-electron chi connectivity index (χ1n) is 8.09. The Hall–Kier alpha value is -2.82. The van der Waals surface area contributed by atoms with Gasteiger partial charge in [-0.1, -0.05) is 36.4 Å². The fraction of sp³-hybridized carbons (Fsp3) is 0.263. The van der Waals surface area contributed by atoms with Gasteiger partial charge < -0.3 is 14.4 Å². The SMILES string of the molecule is O=C1O[C@@H]2C[C@@H]1N(C(=O)C1c3ccccc3Oc3ccccc31)C2. The van der Waals surface area contributed by atoms with Gasteiger partial charge in [-0.2, -0.15) is 0 Å². The summed E-state index contributed by atoms with van der Waals surface area (Å²) in [6, 6.07) is 14.7. The van der Waals surface area contributed by atoms with E-state index in [9.17, 15) is 9.59 Å². The molecule has 1 amide bonds. The predicted octanol–water partition coefficient (Wildman–Crippen LogP) is 2.45. The number of carbonyl (C=O) groups excluding carboxylic acids is 2. The molecule has 0 unspecified atom stereocenters. The number of esters is 1. The fourth-order valence-corrected chi connectivity index (χ4v) is 3.93. The number of benzene rings is 2. The standard InChI is InChI=1S/C19H15NO4/c21-18(20-10-11-9-14(20)19(22)23-11)17-12-5-1-3-7-15(12)24-16-8-4-2-6-13(16)17/h1-8,11,14,17H,9-10H2/t11-,14+/m1/s1. The van der Waals surface area contributed by atoms with Gasteiger partial charge in [0.05, 0.1) is 12.5 Å². The van der Waals surface area contributed by atoms with Crippen LogP contribution in [0.2, 0.25) is 0 Å². The van der Waals surface area contributed by atoms with Gasteiger partial charge in [-0.15, -0.1) is 0 Å². The van der Waals surface area contributed by atoms with Crippen LogP contribution >= 0.6 is 0 Å². The van der Waals surface area contributed by atoms with E-state index < -0.39 is 12.0 Å². The van der Waals surface area contributed by atoms with Crippen molar-refractivity contribution < 1.29 is 19.1 Å². The smallest absolute Gasteiger partial charge is 0.329 e. The highest BCUT2D eigenvalue weighted by Gasteiger charge is 2.50. The number of rotatable bonds is 1. The van der Waals surface area contributed by atoms with Crippen molar-refractivity contribution in [3.63, 3.8) is 0 Å². The minimum absolute atomic E-state index is 0.0534. The Bertz CT molecular complexity index is 816. The molecule has 2 fully saturated rings. The van der Waals surface area contributed by atoms with Crippen molar-refractivity contribution in [2.24, 2.45) is 0 Å². The minimum atomic E-state index is -0.446. The average molecular weight is 321 g/mol. The summed E-state index contributed by atoms with van der Waals surface area (Å²) in [6.45, 7) is 0.483. The molecule has 0 spiro atoms. The van der Waals surface area contributed by atoms with Gasteiger partial charge in [-0.25, -0.2) is 4.79 Å². The number of para-hydroxylation sites is 2. The topological polar surface area (TPSA) is 55.8 Å². The van der Waals surface area contributed by atoms with Crippen LogP contribution in [0, 0.1) is 0 Å². The molecular weight excluding hydrogens is 306 g/mol. The highest BCUT2D eigenvalue weighted by molar-refractivity contribution is 5.94. The zero-order valence-electron chi connectivity index (χ0n) is 12.8. The molecule has 3 heterocycles. The van der Waals surface area contributed by atoms with Crippen molar-refractivity contribution in [2.45, 2.75) is 24.5 Å².